The van der Waals surface area contributed by atoms with Crippen LogP contribution < -0.4 is 5.73 Å². The first kappa shape index (κ1) is 9.48. The summed E-state index contributed by atoms with van der Waals surface area (Å²) in [7, 11) is 1.64. The van der Waals surface area contributed by atoms with E-state index in [-0.39, 0.29) is 18.0 Å². The van der Waals surface area contributed by atoms with Gasteiger partial charge in [-0.2, -0.15) is 0 Å². The molecule has 1 rings (SSSR count). The molecule has 1 saturated heterocycles. The Bertz CT molecular complexity index is 172. The van der Waals surface area contributed by atoms with Crippen molar-refractivity contribution in [2.24, 2.45) is 5.73 Å². The molecule has 1 aliphatic heterocycles. The Hall–Kier alpha value is -0.610. The van der Waals surface area contributed by atoms with E-state index in [1.165, 1.54) is 0 Å². The molecule has 0 radical (unpaired) electrons. The molecular formula is C8H16N2O2. The molecule has 12 heavy (non-hydrogen) atoms. The summed E-state index contributed by atoms with van der Waals surface area (Å²) < 4.78 is 4.96. The van der Waals surface area contributed by atoms with Crippen LogP contribution in [0.15, 0.2) is 0 Å². The number of nitrogens with zero attached hydrogens (tertiary/aromatic N) is 1. The van der Waals surface area contributed by atoms with E-state index < -0.39 is 0 Å². The molecule has 0 spiro atoms. The van der Waals surface area contributed by atoms with Crippen molar-refractivity contribution < 1.29 is 9.53 Å². The first-order valence-corrected chi connectivity index (χ1v) is 4.19. The van der Waals surface area contributed by atoms with Gasteiger partial charge in [-0.3, -0.25) is 4.79 Å². The maximum Gasteiger partial charge on any atom is 0.224 e. The van der Waals surface area contributed by atoms with Crippen molar-refractivity contribution in [2.45, 2.75) is 25.4 Å². The third-order valence-corrected chi connectivity index (χ3v) is 2.13. The number of carbonyl (C=O) groups excluding carboxylic acids is 1. The second-order valence-corrected chi connectivity index (χ2v) is 3.31. The fourth-order valence-electron chi connectivity index (χ4n) is 1.52. The number of nitrogens with two attached hydrogens (primary N) is 1. The standard InChI is InChI=1S/C8H16N2O2/c1-6(5-12-2)10-4-7(9)3-8(10)11/h6-7H,3-5,9H2,1-2H3/t6-,7?/m0/s1. The molecule has 0 saturated carbocycles. The van der Waals surface area contributed by atoms with E-state index >= 15 is 0 Å². The Labute approximate surface area is 72.7 Å². The van der Waals surface area contributed by atoms with E-state index in [0.29, 0.717) is 19.6 Å². The highest BCUT2D eigenvalue weighted by atomic mass is 16.5. The van der Waals surface area contributed by atoms with Gasteiger partial charge in [0.1, 0.15) is 0 Å². The molecule has 0 aliphatic carbocycles. The summed E-state index contributed by atoms with van der Waals surface area (Å²) in [5.74, 6) is 0.145. The van der Waals surface area contributed by atoms with Crippen LogP contribution in [0.2, 0.25) is 0 Å². The molecule has 4 heteroatoms. The zero-order chi connectivity index (χ0) is 9.14. The van der Waals surface area contributed by atoms with E-state index in [1.54, 1.807) is 12.0 Å². The number of methoxy groups -OCH3 is 1. The SMILES string of the molecule is COC[C@H](C)N1CC(N)CC1=O. The van der Waals surface area contributed by atoms with E-state index in [0.717, 1.165) is 0 Å². The highest BCUT2D eigenvalue weighted by Gasteiger charge is 2.30. The monoisotopic (exact) mass is 172 g/mol. The van der Waals surface area contributed by atoms with Gasteiger partial charge in [0.05, 0.1) is 12.6 Å². The maximum absolute atomic E-state index is 11.3. The number of rotatable bonds is 3. The summed E-state index contributed by atoms with van der Waals surface area (Å²) in [6, 6.07) is 0.160. The van der Waals surface area contributed by atoms with Crippen LogP contribution in [0.4, 0.5) is 0 Å². The lowest BCUT2D eigenvalue weighted by atomic mass is 10.3. The maximum atomic E-state index is 11.3. The van der Waals surface area contributed by atoms with Crippen molar-refractivity contribution in [1.29, 1.82) is 0 Å². The fraction of sp³-hybridized carbons (Fsp3) is 0.875. The first-order chi connectivity index (χ1) is 5.65. The van der Waals surface area contributed by atoms with Crippen LogP contribution in [0.5, 0.6) is 0 Å². The first-order valence-electron chi connectivity index (χ1n) is 4.19. The van der Waals surface area contributed by atoms with Crippen molar-refractivity contribution >= 4 is 5.91 Å². The lowest BCUT2D eigenvalue weighted by Crippen LogP contribution is -2.38. The minimum Gasteiger partial charge on any atom is -0.383 e. The van der Waals surface area contributed by atoms with E-state index in [9.17, 15) is 4.79 Å². The number of carbonyl (C=O) groups is 1. The van der Waals surface area contributed by atoms with Gasteiger partial charge in [0.15, 0.2) is 0 Å². The number of amides is 1. The molecule has 70 valence electrons. The minimum absolute atomic E-state index is 0.0109. The van der Waals surface area contributed by atoms with Gasteiger partial charge >= 0.3 is 0 Å². The Balaban J connectivity index is 2.46. The molecule has 1 fully saturated rings. The predicted molar refractivity (Wildman–Crippen MR) is 45.6 cm³/mol. The second kappa shape index (κ2) is 3.87. The van der Waals surface area contributed by atoms with Gasteiger partial charge in [0.2, 0.25) is 5.91 Å². The van der Waals surface area contributed by atoms with Crippen LogP contribution in [-0.2, 0) is 9.53 Å². The van der Waals surface area contributed by atoms with E-state index in [2.05, 4.69) is 0 Å². The zero-order valence-corrected chi connectivity index (χ0v) is 7.62. The van der Waals surface area contributed by atoms with Crippen LogP contribution in [-0.4, -0.2) is 43.2 Å². The molecule has 1 aliphatic rings. The number of hydrogen-bond acceptors (Lipinski definition) is 3. The summed E-state index contributed by atoms with van der Waals surface area (Å²) in [6.07, 6.45) is 0.480. The number of hydrogen-bond donors (Lipinski definition) is 1. The lowest BCUT2D eigenvalue weighted by Gasteiger charge is -2.23. The second-order valence-electron chi connectivity index (χ2n) is 3.31. The number of likely N-dealkylation sites (tertiary alicyclic amines) is 1. The van der Waals surface area contributed by atoms with Gasteiger partial charge in [-0.05, 0) is 6.92 Å². The van der Waals surface area contributed by atoms with E-state index in [4.69, 9.17) is 10.5 Å². The smallest absolute Gasteiger partial charge is 0.224 e. The van der Waals surface area contributed by atoms with Gasteiger partial charge < -0.3 is 15.4 Å². The quantitative estimate of drug-likeness (QED) is 0.629. The summed E-state index contributed by atoms with van der Waals surface area (Å²) in [6.45, 7) is 3.22. The van der Waals surface area contributed by atoms with Crippen molar-refractivity contribution in [3.05, 3.63) is 0 Å². The molecule has 2 atom stereocenters. The van der Waals surface area contributed by atoms with E-state index in [1.807, 2.05) is 6.92 Å². The minimum atomic E-state index is 0.0109. The molecule has 1 amide bonds. The third-order valence-electron chi connectivity index (χ3n) is 2.13. The third kappa shape index (κ3) is 1.95. The van der Waals surface area contributed by atoms with Crippen molar-refractivity contribution in [1.82, 2.24) is 4.90 Å². The molecular weight excluding hydrogens is 156 g/mol. The molecule has 4 nitrogen and oxygen atoms in total. The molecule has 1 unspecified atom stereocenters. The normalized spacial score (nSPS) is 26.4. The average molecular weight is 172 g/mol. The van der Waals surface area contributed by atoms with Crippen molar-refractivity contribution in [3.63, 3.8) is 0 Å². The molecule has 0 bridgehead atoms. The molecule has 2 N–H and O–H groups in total. The Morgan fingerprint density at radius 2 is 2.50 bits per heavy atom. The van der Waals surface area contributed by atoms with Crippen LogP contribution >= 0.6 is 0 Å². The lowest BCUT2D eigenvalue weighted by molar-refractivity contribution is -0.130. The van der Waals surface area contributed by atoms with Gasteiger partial charge in [-0.1, -0.05) is 0 Å². The zero-order valence-electron chi connectivity index (χ0n) is 7.62. The predicted octanol–water partition coefficient (Wildman–Crippen LogP) is -0.419. The average Bonchev–Trinajstić information content (AvgIpc) is 2.30. The fourth-order valence-corrected chi connectivity index (χ4v) is 1.52. The van der Waals surface area contributed by atoms with Crippen LogP contribution in [0, 0.1) is 0 Å². The molecule has 0 aromatic heterocycles. The Morgan fingerprint density at radius 1 is 1.83 bits per heavy atom. The van der Waals surface area contributed by atoms with Gasteiger partial charge in [-0.25, -0.2) is 0 Å². The van der Waals surface area contributed by atoms with Crippen LogP contribution in [0.1, 0.15) is 13.3 Å². The Morgan fingerprint density at radius 3 is 2.92 bits per heavy atom. The van der Waals surface area contributed by atoms with Gasteiger partial charge in [-0.15, -0.1) is 0 Å². The summed E-state index contributed by atoms with van der Waals surface area (Å²) in [5.41, 5.74) is 5.65. The highest BCUT2D eigenvalue weighted by molar-refractivity contribution is 5.79. The largest absolute Gasteiger partial charge is 0.383 e. The van der Waals surface area contributed by atoms with Gasteiger partial charge in [0.25, 0.3) is 0 Å². The summed E-state index contributed by atoms with van der Waals surface area (Å²) >= 11 is 0. The summed E-state index contributed by atoms with van der Waals surface area (Å²) in [4.78, 5) is 13.1. The van der Waals surface area contributed by atoms with Crippen LogP contribution in [0.3, 0.4) is 0 Å². The summed E-state index contributed by atoms with van der Waals surface area (Å²) in [5, 5.41) is 0. The van der Waals surface area contributed by atoms with Crippen LogP contribution in [0.25, 0.3) is 0 Å². The molecule has 0 aromatic carbocycles. The van der Waals surface area contributed by atoms with Crippen molar-refractivity contribution in [2.75, 3.05) is 20.3 Å². The van der Waals surface area contributed by atoms with Crippen molar-refractivity contribution in [3.8, 4) is 0 Å². The number of ether oxygens (including phenoxy) is 1. The van der Waals surface area contributed by atoms with Gasteiger partial charge in [0, 0.05) is 26.1 Å². The molecule has 1 heterocycles. The topological polar surface area (TPSA) is 55.6 Å². The Kier molecular flexibility index (Phi) is 3.05. The highest BCUT2D eigenvalue weighted by Crippen LogP contribution is 2.12. The molecule has 0 aromatic rings.